The van der Waals surface area contributed by atoms with Crippen LogP contribution in [0.2, 0.25) is 0 Å². The van der Waals surface area contributed by atoms with E-state index in [1.165, 1.54) is 23.2 Å². The summed E-state index contributed by atoms with van der Waals surface area (Å²) < 4.78 is 33.4. The lowest BCUT2D eigenvalue weighted by molar-refractivity contribution is -0.607. The van der Waals surface area contributed by atoms with Crippen molar-refractivity contribution in [1.82, 2.24) is 14.5 Å². The van der Waals surface area contributed by atoms with Crippen molar-refractivity contribution in [1.29, 1.82) is 0 Å². The van der Waals surface area contributed by atoms with E-state index in [1.807, 2.05) is 49.4 Å². The van der Waals surface area contributed by atoms with Crippen molar-refractivity contribution in [3.05, 3.63) is 84.3 Å². The van der Waals surface area contributed by atoms with Crippen LogP contribution in [-0.2, 0) is 19.6 Å². The summed E-state index contributed by atoms with van der Waals surface area (Å²) in [5.74, 6) is -0.578. The predicted molar refractivity (Wildman–Crippen MR) is 148 cm³/mol. The highest BCUT2D eigenvalue weighted by molar-refractivity contribution is 7.89. The molecule has 214 valence electrons. The molecule has 0 bridgehead atoms. The molecule has 3 aromatic rings. The number of likely N-dealkylation sites (tertiary alicyclic amines) is 1. The van der Waals surface area contributed by atoms with E-state index >= 15 is 0 Å². The minimum atomic E-state index is -4.14. The number of benzene rings is 2. The number of carbonyl (C=O) groups is 3. The van der Waals surface area contributed by atoms with Gasteiger partial charge in [-0.05, 0) is 42.2 Å². The molecule has 1 aromatic heterocycles. The molecular weight excluding hydrogens is 548 g/mol. The molecule has 41 heavy (non-hydrogen) atoms. The third-order valence-corrected chi connectivity index (χ3v) is 9.21. The summed E-state index contributed by atoms with van der Waals surface area (Å²) in [7, 11) is -4.14. The van der Waals surface area contributed by atoms with Gasteiger partial charge in [0.05, 0.1) is 12.6 Å². The molecule has 3 atom stereocenters. The SMILES string of the molecule is CCCC(NC(=O)Oc1ccc(-c2ccccc2)cc1)C(=O)N1CCC2C1C(=O)CN2S(=O)(=O)c1ccc[n+]([O-])c1. The number of hydrogen-bond donors (Lipinski definition) is 1. The summed E-state index contributed by atoms with van der Waals surface area (Å²) in [5.41, 5.74) is 1.98. The fourth-order valence-corrected chi connectivity index (χ4v) is 7.07. The molecule has 2 aliphatic heterocycles. The maximum atomic E-state index is 13.6. The molecule has 0 saturated carbocycles. The van der Waals surface area contributed by atoms with Gasteiger partial charge in [-0.2, -0.15) is 9.04 Å². The number of fused-ring (bicyclic) bond motifs is 1. The Labute approximate surface area is 238 Å². The van der Waals surface area contributed by atoms with Gasteiger partial charge < -0.3 is 20.2 Å². The zero-order valence-electron chi connectivity index (χ0n) is 22.4. The first-order chi connectivity index (χ1) is 19.7. The first kappa shape index (κ1) is 28.2. The molecule has 0 radical (unpaired) electrons. The second kappa shape index (κ2) is 11.7. The third kappa shape index (κ3) is 5.79. The number of sulfonamides is 1. The molecule has 11 nitrogen and oxygen atoms in total. The van der Waals surface area contributed by atoms with Crippen molar-refractivity contribution < 1.29 is 32.3 Å². The number of carbonyl (C=O) groups excluding carboxylic acids is 3. The number of Topliss-reactive ketones (excluding diaryl/α,β-unsaturated/α-hetero) is 1. The second-order valence-electron chi connectivity index (χ2n) is 10.0. The average Bonchev–Trinajstić information content (AvgIpc) is 3.55. The van der Waals surface area contributed by atoms with E-state index in [0.29, 0.717) is 23.3 Å². The lowest BCUT2D eigenvalue weighted by Crippen LogP contribution is -2.53. The first-order valence-corrected chi connectivity index (χ1v) is 14.8. The van der Waals surface area contributed by atoms with Crippen LogP contribution < -0.4 is 14.8 Å². The Morgan fingerprint density at radius 3 is 2.46 bits per heavy atom. The smallest absolute Gasteiger partial charge is 0.413 e. The number of aromatic nitrogens is 1. The van der Waals surface area contributed by atoms with Gasteiger partial charge in [0.25, 0.3) is 0 Å². The molecule has 2 amide bonds. The molecule has 2 fully saturated rings. The monoisotopic (exact) mass is 578 g/mol. The summed E-state index contributed by atoms with van der Waals surface area (Å²) in [4.78, 5) is 40.5. The van der Waals surface area contributed by atoms with Crippen molar-refractivity contribution in [2.24, 2.45) is 0 Å². The van der Waals surface area contributed by atoms with E-state index in [-0.39, 0.29) is 17.9 Å². The number of ether oxygens (including phenoxy) is 1. The molecule has 0 aliphatic carbocycles. The van der Waals surface area contributed by atoms with Gasteiger partial charge in [-0.1, -0.05) is 55.8 Å². The van der Waals surface area contributed by atoms with E-state index < -0.39 is 52.5 Å². The Morgan fingerprint density at radius 2 is 1.78 bits per heavy atom. The van der Waals surface area contributed by atoms with Crippen LogP contribution in [0, 0.1) is 5.21 Å². The van der Waals surface area contributed by atoms with E-state index in [1.54, 1.807) is 12.1 Å². The van der Waals surface area contributed by atoms with Gasteiger partial charge in [0, 0.05) is 12.6 Å². The van der Waals surface area contributed by atoms with Crippen LogP contribution in [0.5, 0.6) is 5.75 Å². The summed E-state index contributed by atoms with van der Waals surface area (Å²) in [5, 5.41) is 14.3. The molecule has 3 unspecified atom stereocenters. The zero-order valence-corrected chi connectivity index (χ0v) is 23.2. The van der Waals surface area contributed by atoms with Crippen molar-refractivity contribution in [2.75, 3.05) is 13.1 Å². The number of nitrogens with zero attached hydrogens (tertiary/aromatic N) is 3. The van der Waals surface area contributed by atoms with Crippen LogP contribution in [0.4, 0.5) is 4.79 Å². The molecule has 3 heterocycles. The number of pyridine rings is 1. The molecule has 2 aliphatic rings. The molecule has 2 saturated heterocycles. The van der Waals surface area contributed by atoms with Crippen molar-refractivity contribution in [2.45, 2.75) is 49.2 Å². The number of nitrogens with one attached hydrogen (secondary N) is 1. The Kier molecular flexibility index (Phi) is 8.04. The lowest BCUT2D eigenvalue weighted by atomic mass is 10.1. The van der Waals surface area contributed by atoms with Crippen LogP contribution in [-0.4, -0.2) is 66.6 Å². The average molecular weight is 579 g/mol. The molecule has 5 rings (SSSR count). The van der Waals surface area contributed by atoms with E-state index in [9.17, 15) is 28.0 Å². The first-order valence-electron chi connectivity index (χ1n) is 13.4. The summed E-state index contributed by atoms with van der Waals surface area (Å²) in [6.07, 6.45) is 2.42. The van der Waals surface area contributed by atoms with Crippen molar-refractivity contribution in [3.63, 3.8) is 0 Å². The lowest BCUT2D eigenvalue weighted by Gasteiger charge is -2.28. The summed E-state index contributed by atoms with van der Waals surface area (Å²) in [6.45, 7) is 1.61. The molecule has 2 aromatic carbocycles. The number of rotatable bonds is 8. The summed E-state index contributed by atoms with van der Waals surface area (Å²) >= 11 is 0. The van der Waals surface area contributed by atoms with Gasteiger partial charge in [0.1, 0.15) is 22.7 Å². The number of ketones is 1. The minimum Gasteiger partial charge on any atom is -0.619 e. The highest BCUT2D eigenvalue weighted by atomic mass is 32.2. The fourth-order valence-electron chi connectivity index (χ4n) is 5.43. The van der Waals surface area contributed by atoms with E-state index in [4.69, 9.17) is 4.74 Å². The van der Waals surface area contributed by atoms with E-state index in [2.05, 4.69) is 5.32 Å². The summed E-state index contributed by atoms with van der Waals surface area (Å²) in [6, 6.07) is 16.6. The third-order valence-electron chi connectivity index (χ3n) is 7.35. The van der Waals surface area contributed by atoms with Gasteiger partial charge in [-0.15, -0.1) is 0 Å². The Morgan fingerprint density at radius 1 is 1.07 bits per heavy atom. The van der Waals surface area contributed by atoms with Gasteiger partial charge in [0.15, 0.2) is 18.2 Å². The van der Waals surface area contributed by atoms with Crippen molar-refractivity contribution >= 4 is 27.8 Å². The van der Waals surface area contributed by atoms with Gasteiger partial charge in [0.2, 0.25) is 15.9 Å². The molecule has 0 spiro atoms. The van der Waals surface area contributed by atoms with Crippen LogP contribution in [0.3, 0.4) is 0 Å². The fraction of sp³-hybridized carbons (Fsp3) is 0.310. The largest absolute Gasteiger partial charge is 0.619 e. The van der Waals surface area contributed by atoms with Gasteiger partial charge in [-0.3, -0.25) is 9.59 Å². The topological polar surface area (TPSA) is 140 Å². The highest BCUT2D eigenvalue weighted by Crippen LogP contribution is 2.34. The Bertz CT molecular complexity index is 1550. The van der Waals surface area contributed by atoms with Crippen LogP contribution in [0.15, 0.2) is 84.0 Å². The second-order valence-corrected chi connectivity index (χ2v) is 11.9. The van der Waals surface area contributed by atoms with E-state index in [0.717, 1.165) is 21.6 Å². The predicted octanol–water partition coefficient (Wildman–Crippen LogP) is 2.49. The molecular formula is C29H30N4O7S. The van der Waals surface area contributed by atoms with Crippen LogP contribution in [0.25, 0.3) is 11.1 Å². The molecule has 1 N–H and O–H groups in total. The highest BCUT2D eigenvalue weighted by Gasteiger charge is 2.54. The van der Waals surface area contributed by atoms with Crippen LogP contribution >= 0.6 is 0 Å². The van der Waals surface area contributed by atoms with Gasteiger partial charge >= 0.3 is 6.09 Å². The maximum absolute atomic E-state index is 13.6. The zero-order chi connectivity index (χ0) is 29.1. The van der Waals surface area contributed by atoms with Gasteiger partial charge in [-0.25, -0.2) is 13.2 Å². The van der Waals surface area contributed by atoms with Crippen molar-refractivity contribution in [3.8, 4) is 16.9 Å². The normalized spacial score (nSPS) is 19.5. The Hall–Kier alpha value is -4.29. The number of hydrogen-bond acceptors (Lipinski definition) is 7. The standard InChI is InChI=1S/C29H30N4O7S/c1-2-7-24(30-29(36)40-22-13-11-21(12-14-22)20-8-4-3-5-9-20)28(35)32-17-15-25-27(32)26(34)19-33(25)41(38,39)23-10-6-16-31(37)18-23/h3-6,8-14,16,18,24-25,27H,2,7,15,17,19H2,1H3,(H,30,36). The van der Waals surface area contributed by atoms with Crippen LogP contribution in [0.1, 0.15) is 26.2 Å². The maximum Gasteiger partial charge on any atom is 0.413 e. The molecule has 12 heteroatoms. The quantitative estimate of drug-likeness (QED) is 0.320. The Balaban J connectivity index is 1.26. The number of amides is 2. The minimum absolute atomic E-state index is 0.153.